The molecular formula is C12H11BrN2OS. The Kier molecular flexibility index (Phi) is 4.15. The van der Waals surface area contributed by atoms with Crippen molar-refractivity contribution < 1.29 is 5.11 Å². The Morgan fingerprint density at radius 3 is 2.71 bits per heavy atom. The van der Waals surface area contributed by atoms with Gasteiger partial charge in [0.1, 0.15) is 5.03 Å². The lowest BCUT2D eigenvalue weighted by Crippen LogP contribution is -1.94. The summed E-state index contributed by atoms with van der Waals surface area (Å²) in [4.78, 5) is 9.45. The Balaban J connectivity index is 2.17. The summed E-state index contributed by atoms with van der Waals surface area (Å²) in [5.74, 6) is 0. The molecule has 0 aromatic carbocycles. The Labute approximate surface area is 112 Å². The molecule has 2 aromatic heterocycles. The van der Waals surface area contributed by atoms with Crippen molar-refractivity contribution in [3.63, 3.8) is 0 Å². The number of nitrogens with zero attached hydrogens (tertiary/aromatic N) is 2. The molecule has 0 aliphatic heterocycles. The van der Waals surface area contributed by atoms with Crippen molar-refractivity contribution >= 4 is 27.7 Å². The van der Waals surface area contributed by atoms with Gasteiger partial charge in [0.05, 0.1) is 16.3 Å². The van der Waals surface area contributed by atoms with Crippen LogP contribution in [0.1, 0.15) is 18.7 Å². The van der Waals surface area contributed by atoms with E-state index in [2.05, 4.69) is 25.9 Å². The summed E-state index contributed by atoms with van der Waals surface area (Å²) in [6.45, 7) is 1.70. The van der Waals surface area contributed by atoms with E-state index in [1.807, 2.05) is 24.3 Å². The van der Waals surface area contributed by atoms with Crippen LogP contribution in [0.4, 0.5) is 0 Å². The predicted octanol–water partition coefficient (Wildman–Crippen LogP) is 3.44. The molecule has 2 rings (SSSR count). The molecule has 0 aliphatic carbocycles. The van der Waals surface area contributed by atoms with Crippen LogP contribution in [0.15, 0.2) is 51.1 Å². The van der Waals surface area contributed by atoms with E-state index >= 15 is 0 Å². The quantitative estimate of drug-likeness (QED) is 0.943. The molecule has 2 aromatic rings. The maximum absolute atomic E-state index is 9.36. The molecule has 0 fully saturated rings. The van der Waals surface area contributed by atoms with Gasteiger partial charge < -0.3 is 5.11 Å². The van der Waals surface area contributed by atoms with Crippen LogP contribution in [0.3, 0.4) is 0 Å². The van der Waals surface area contributed by atoms with E-state index in [0.29, 0.717) is 5.69 Å². The van der Waals surface area contributed by atoms with E-state index in [1.165, 1.54) is 11.8 Å². The summed E-state index contributed by atoms with van der Waals surface area (Å²) in [6, 6.07) is 7.58. The Morgan fingerprint density at radius 1 is 1.29 bits per heavy atom. The summed E-state index contributed by atoms with van der Waals surface area (Å²) in [5.41, 5.74) is 0.675. The van der Waals surface area contributed by atoms with E-state index < -0.39 is 6.10 Å². The average molecular weight is 311 g/mol. The van der Waals surface area contributed by atoms with Crippen molar-refractivity contribution in [2.75, 3.05) is 0 Å². The van der Waals surface area contributed by atoms with Gasteiger partial charge in [-0.1, -0.05) is 11.8 Å². The molecule has 88 valence electrons. The van der Waals surface area contributed by atoms with Crippen molar-refractivity contribution in [2.45, 2.75) is 22.9 Å². The van der Waals surface area contributed by atoms with Crippen LogP contribution in [0.5, 0.6) is 0 Å². The number of rotatable bonds is 3. The largest absolute Gasteiger partial charge is 0.387 e. The van der Waals surface area contributed by atoms with E-state index in [1.54, 1.807) is 19.3 Å². The van der Waals surface area contributed by atoms with Crippen molar-refractivity contribution in [3.8, 4) is 0 Å². The van der Waals surface area contributed by atoms with Gasteiger partial charge in [-0.3, -0.25) is 4.98 Å². The van der Waals surface area contributed by atoms with Gasteiger partial charge in [-0.2, -0.15) is 0 Å². The number of halogens is 1. The number of aliphatic hydroxyl groups excluding tert-OH is 1. The maximum atomic E-state index is 9.36. The van der Waals surface area contributed by atoms with Gasteiger partial charge >= 0.3 is 0 Å². The molecule has 0 aliphatic rings. The van der Waals surface area contributed by atoms with E-state index in [9.17, 15) is 5.11 Å². The third-order valence-corrected chi connectivity index (χ3v) is 4.02. The number of pyridine rings is 2. The third kappa shape index (κ3) is 3.28. The van der Waals surface area contributed by atoms with Crippen LogP contribution in [-0.2, 0) is 0 Å². The van der Waals surface area contributed by atoms with E-state index in [-0.39, 0.29) is 0 Å². The van der Waals surface area contributed by atoms with Crippen molar-refractivity contribution in [3.05, 3.63) is 46.8 Å². The maximum Gasteiger partial charge on any atom is 0.115 e. The smallest absolute Gasteiger partial charge is 0.115 e. The fourth-order valence-electron chi connectivity index (χ4n) is 1.26. The molecule has 2 heterocycles. The molecule has 0 unspecified atom stereocenters. The number of aliphatic hydroxyl groups is 1. The second-order valence-corrected chi connectivity index (χ2v) is 5.40. The molecule has 0 saturated carbocycles. The molecule has 3 nitrogen and oxygen atoms in total. The lowest BCUT2D eigenvalue weighted by atomic mass is 10.2. The van der Waals surface area contributed by atoms with Gasteiger partial charge in [0.15, 0.2) is 0 Å². The first-order chi connectivity index (χ1) is 8.16. The molecule has 0 amide bonds. The predicted molar refractivity (Wildman–Crippen MR) is 70.9 cm³/mol. The highest BCUT2D eigenvalue weighted by atomic mass is 79.9. The fraction of sp³-hybridized carbons (Fsp3) is 0.167. The lowest BCUT2D eigenvalue weighted by molar-refractivity contribution is 0.194. The zero-order valence-corrected chi connectivity index (χ0v) is 11.6. The fourth-order valence-corrected chi connectivity index (χ4v) is 2.50. The molecule has 1 N–H and O–H groups in total. The summed E-state index contributed by atoms with van der Waals surface area (Å²) < 4.78 is 0.963. The second-order valence-electron chi connectivity index (χ2n) is 3.49. The third-order valence-electron chi connectivity index (χ3n) is 2.13. The second kappa shape index (κ2) is 5.62. The molecule has 0 radical (unpaired) electrons. The number of aromatic nitrogens is 2. The normalized spacial score (nSPS) is 12.4. The van der Waals surface area contributed by atoms with Crippen LogP contribution in [-0.4, -0.2) is 15.1 Å². The Morgan fingerprint density at radius 2 is 2.12 bits per heavy atom. The van der Waals surface area contributed by atoms with Gasteiger partial charge in [-0.05, 0) is 47.1 Å². The molecule has 0 bridgehead atoms. The zero-order chi connectivity index (χ0) is 12.3. The first kappa shape index (κ1) is 12.5. The first-order valence-electron chi connectivity index (χ1n) is 5.09. The molecular weight excluding hydrogens is 300 g/mol. The summed E-state index contributed by atoms with van der Waals surface area (Å²) >= 11 is 4.98. The molecule has 0 spiro atoms. The summed E-state index contributed by atoms with van der Waals surface area (Å²) in [6.07, 6.45) is 2.97. The lowest BCUT2D eigenvalue weighted by Gasteiger charge is -2.05. The molecule has 17 heavy (non-hydrogen) atoms. The van der Waals surface area contributed by atoms with Crippen LogP contribution < -0.4 is 0 Å². The van der Waals surface area contributed by atoms with Crippen LogP contribution in [0.2, 0.25) is 0 Å². The monoisotopic (exact) mass is 310 g/mol. The van der Waals surface area contributed by atoms with Gasteiger partial charge in [-0.15, -0.1) is 0 Å². The van der Waals surface area contributed by atoms with Gasteiger partial charge in [0.25, 0.3) is 0 Å². The molecule has 1 atom stereocenters. The van der Waals surface area contributed by atoms with Gasteiger partial charge in [0.2, 0.25) is 0 Å². The minimum atomic E-state index is -0.532. The van der Waals surface area contributed by atoms with Crippen molar-refractivity contribution in [1.29, 1.82) is 0 Å². The van der Waals surface area contributed by atoms with E-state index in [0.717, 1.165) is 14.4 Å². The van der Waals surface area contributed by atoms with Crippen LogP contribution >= 0.6 is 27.7 Å². The first-order valence-corrected chi connectivity index (χ1v) is 6.70. The SMILES string of the molecule is C[C@H](O)c1ccc(Sc2ncccc2Br)cn1. The highest BCUT2D eigenvalue weighted by Gasteiger charge is 2.05. The van der Waals surface area contributed by atoms with Gasteiger partial charge in [-0.25, -0.2) is 4.98 Å². The minimum absolute atomic E-state index is 0.532. The topological polar surface area (TPSA) is 46.0 Å². The summed E-state index contributed by atoms with van der Waals surface area (Å²) in [5, 5.41) is 10.3. The van der Waals surface area contributed by atoms with Crippen LogP contribution in [0, 0.1) is 0 Å². The highest BCUT2D eigenvalue weighted by Crippen LogP contribution is 2.31. The summed E-state index contributed by atoms with van der Waals surface area (Å²) in [7, 11) is 0. The zero-order valence-electron chi connectivity index (χ0n) is 9.17. The van der Waals surface area contributed by atoms with Crippen molar-refractivity contribution in [1.82, 2.24) is 9.97 Å². The van der Waals surface area contributed by atoms with Gasteiger partial charge in [0, 0.05) is 17.3 Å². The van der Waals surface area contributed by atoms with Crippen LogP contribution in [0.25, 0.3) is 0 Å². The Bertz CT molecular complexity index is 502. The number of hydrogen-bond donors (Lipinski definition) is 1. The standard InChI is InChI=1S/C12H11BrN2OS/c1-8(16)11-5-4-9(7-15-11)17-12-10(13)3-2-6-14-12/h2-8,16H,1H3/t8-/m0/s1. The molecule has 5 heteroatoms. The Hall–Kier alpha value is -0.910. The van der Waals surface area contributed by atoms with Crippen molar-refractivity contribution in [2.24, 2.45) is 0 Å². The number of hydrogen-bond acceptors (Lipinski definition) is 4. The minimum Gasteiger partial charge on any atom is -0.387 e. The average Bonchev–Trinajstić information content (AvgIpc) is 2.33. The van der Waals surface area contributed by atoms with E-state index in [4.69, 9.17) is 0 Å². The molecule has 0 saturated heterocycles. The highest BCUT2D eigenvalue weighted by molar-refractivity contribution is 9.10.